The minimum atomic E-state index is -0.929. The van der Waals surface area contributed by atoms with Crippen LogP contribution in [0.15, 0.2) is 5.16 Å². The Labute approximate surface area is 109 Å². The summed E-state index contributed by atoms with van der Waals surface area (Å²) in [7, 11) is 5.74. The quantitative estimate of drug-likeness (QED) is 0.302. The van der Waals surface area contributed by atoms with Gasteiger partial charge in [0.1, 0.15) is 5.41 Å². The summed E-state index contributed by atoms with van der Waals surface area (Å²) in [5.74, 6) is -0.145. The topological polar surface area (TPSA) is 82.2 Å². The molecule has 0 heterocycles. The van der Waals surface area contributed by atoms with Gasteiger partial charge in [-0.3, -0.25) is 4.79 Å². The van der Waals surface area contributed by atoms with E-state index in [4.69, 9.17) is 10.9 Å². The predicted molar refractivity (Wildman–Crippen MR) is 72.6 cm³/mol. The average molecular weight is 258 g/mol. The van der Waals surface area contributed by atoms with Crippen molar-refractivity contribution < 1.29 is 10.0 Å². The Balaban J connectivity index is 4.60. The standard InChI is InChI=1S/C12H26N4O2/c1-6-12(2,10(13)14-18)11(17)16(5)9-7-8-15(3)4/h18H,6-9H2,1-5H3,(H2,13,14). The Morgan fingerprint density at radius 2 is 1.89 bits per heavy atom. The van der Waals surface area contributed by atoms with Gasteiger partial charge in [-0.15, -0.1) is 0 Å². The summed E-state index contributed by atoms with van der Waals surface area (Å²) >= 11 is 0. The fraction of sp³-hybridized carbons (Fsp3) is 0.833. The highest BCUT2D eigenvalue weighted by Crippen LogP contribution is 2.24. The van der Waals surface area contributed by atoms with E-state index in [1.165, 1.54) is 0 Å². The van der Waals surface area contributed by atoms with E-state index < -0.39 is 5.41 Å². The Bertz CT molecular complexity index is 304. The molecule has 6 heteroatoms. The highest BCUT2D eigenvalue weighted by atomic mass is 16.4. The molecule has 0 radical (unpaired) electrons. The van der Waals surface area contributed by atoms with Gasteiger partial charge in [0.05, 0.1) is 0 Å². The number of hydrogen-bond donors (Lipinski definition) is 2. The van der Waals surface area contributed by atoms with Crippen LogP contribution in [0.3, 0.4) is 0 Å². The summed E-state index contributed by atoms with van der Waals surface area (Å²) in [5.41, 5.74) is 4.69. The van der Waals surface area contributed by atoms with Crippen molar-refractivity contribution in [2.24, 2.45) is 16.3 Å². The first kappa shape index (κ1) is 16.7. The number of carbonyl (C=O) groups is 1. The Kier molecular flexibility index (Phi) is 6.68. The SMILES string of the molecule is CCC(C)(C(=O)N(C)CCCN(C)C)C(N)=NO. The maximum absolute atomic E-state index is 12.3. The number of oxime groups is 1. The molecule has 0 bridgehead atoms. The van der Waals surface area contributed by atoms with Crippen molar-refractivity contribution in [1.29, 1.82) is 0 Å². The van der Waals surface area contributed by atoms with Crippen LogP contribution in [0.1, 0.15) is 26.7 Å². The molecule has 6 nitrogen and oxygen atoms in total. The average Bonchev–Trinajstić information content (AvgIpc) is 2.35. The van der Waals surface area contributed by atoms with Crippen LogP contribution in [0, 0.1) is 5.41 Å². The summed E-state index contributed by atoms with van der Waals surface area (Å²) in [4.78, 5) is 16.0. The molecule has 3 N–H and O–H groups in total. The van der Waals surface area contributed by atoms with Gasteiger partial charge in [-0.25, -0.2) is 0 Å². The third-order valence-corrected chi connectivity index (χ3v) is 3.30. The highest BCUT2D eigenvalue weighted by Gasteiger charge is 2.38. The Hall–Kier alpha value is -1.30. The van der Waals surface area contributed by atoms with Crippen LogP contribution in [0.25, 0.3) is 0 Å². The van der Waals surface area contributed by atoms with E-state index in [9.17, 15) is 4.79 Å². The molecule has 0 saturated heterocycles. The molecular formula is C12H26N4O2. The lowest BCUT2D eigenvalue weighted by Gasteiger charge is -2.30. The second-order valence-corrected chi connectivity index (χ2v) is 5.05. The van der Waals surface area contributed by atoms with Crippen LogP contribution in [0.2, 0.25) is 0 Å². The van der Waals surface area contributed by atoms with Crippen molar-refractivity contribution in [3.8, 4) is 0 Å². The predicted octanol–water partition coefficient (Wildman–Crippen LogP) is 0.559. The van der Waals surface area contributed by atoms with Crippen LogP contribution < -0.4 is 5.73 Å². The Morgan fingerprint density at radius 1 is 1.33 bits per heavy atom. The van der Waals surface area contributed by atoms with Gasteiger partial charge in [-0.1, -0.05) is 12.1 Å². The van der Waals surface area contributed by atoms with Crippen LogP contribution in [0.5, 0.6) is 0 Å². The lowest BCUT2D eigenvalue weighted by molar-refractivity contribution is -0.136. The number of nitrogens with zero attached hydrogens (tertiary/aromatic N) is 3. The smallest absolute Gasteiger partial charge is 0.235 e. The van der Waals surface area contributed by atoms with Crippen molar-refractivity contribution in [1.82, 2.24) is 9.80 Å². The van der Waals surface area contributed by atoms with E-state index in [-0.39, 0.29) is 11.7 Å². The second-order valence-electron chi connectivity index (χ2n) is 5.05. The zero-order valence-corrected chi connectivity index (χ0v) is 12.1. The third kappa shape index (κ3) is 4.18. The molecule has 0 spiro atoms. The molecule has 1 atom stereocenters. The molecule has 0 aliphatic heterocycles. The van der Waals surface area contributed by atoms with Crippen LogP contribution in [-0.2, 0) is 4.79 Å². The zero-order chi connectivity index (χ0) is 14.3. The molecule has 0 fully saturated rings. The molecule has 0 saturated carbocycles. The molecule has 1 amide bonds. The molecule has 18 heavy (non-hydrogen) atoms. The second kappa shape index (κ2) is 7.20. The van der Waals surface area contributed by atoms with Crippen molar-refractivity contribution in [2.75, 3.05) is 34.2 Å². The first-order valence-electron chi connectivity index (χ1n) is 6.17. The van der Waals surface area contributed by atoms with Gasteiger partial charge >= 0.3 is 0 Å². The third-order valence-electron chi connectivity index (χ3n) is 3.30. The van der Waals surface area contributed by atoms with Gasteiger partial charge in [0, 0.05) is 13.6 Å². The zero-order valence-electron chi connectivity index (χ0n) is 12.1. The first-order chi connectivity index (χ1) is 8.29. The van der Waals surface area contributed by atoms with Crippen LogP contribution in [0.4, 0.5) is 0 Å². The fourth-order valence-corrected chi connectivity index (χ4v) is 1.70. The van der Waals surface area contributed by atoms with E-state index in [1.807, 2.05) is 21.0 Å². The van der Waals surface area contributed by atoms with Gasteiger partial charge in [0.2, 0.25) is 5.91 Å². The monoisotopic (exact) mass is 258 g/mol. The van der Waals surface area contributed by atoms with E-state index in [0.29, 0.717) is 13.0 Å². The Morgan fingerprint density at radius 3 is 2.28 bits per heavy atom. The normalized spacial score (nSPS) is 15.6. The number of carbonyl (C=O) groups excluding carboxylic acids is 1. The molecule has 0 aliphatic carbocycles. The largest absolute Gasteiger partial charge is 0.409 e. The number of amides is 1. The first-order valence-corrected chi connectivity index (χ1v) is 6.17. The van der Waals surface area contributed by atoms with Crippen molar-refractivity contribution in [3.63, 3.8) is 0 Å². The summed E-state index contributed by atoms with van der Waals surface area (Å²) in [6.45, 7) is 5.13. The number of amidine groups is 1. The maximum Gasteiger partial charge on any atom is 0.235 e. The lowest BCUT2D eigenvalue weighted by Crippen LogP contribution is -2.48. The van der Waals surface area contributed by atoms with Crippen molar-refractivity contribution >= 4 is 11.7 Å². The van der Waals surface area contributed by atoms with Crippen molar-refractivity contribution in [2.45, 2.75) is 26.7 Å². The number of rotatable bonds is 7. The minimum absolute atomic E-state index is 0.0329. The summed E-state index contributed by atoms with van der Waals surface area (Å²) < 4.78 is 0. The molecule has 0 aliphatic rings. The summed E-state index contributed by atoms with van der Waals surface area (Å²) in [5, 5.41) is 11.7. The minimum Gasteiger partial charge on any atom is -0.409 e. The number of hydrogen-bond acceptors (Lipinski definition) is 4. The molecule has 0 rings (SSSR count). The van der Waals surface area contributed by atoms with E-state index in [1.54, 1.807) is 18.9 Å². The molecule has 0 aromatic carbocycles. The van der Waals surface area contributed by atoms with Gasteiger partial charge in [0.15, 0.2) is 5.84 Å². The molecule has 1 unspecified atom stereocenters. The van der Waals surface area contributed by atoms with Crippen LogP contribution >= 0.6 is 0 Å². The molecule has 106 valence electrons. The number of nitrogens with two attached hydrogens (primary N) is 1. The molecular weight excluding hydrogens is 232 g/mol. The van der Waals surface area contributed by atoms with E-state index in [2.05, 4.69) is 10.1 Å². The molecule has 0 aromatic heterocycles. The summed E-state index contributed by atoms with van der Waals surface area (Å²) in [6.07, 6.45) is 1.39. The molecule has 0 aromatic rings. The van der Waals surface area contributed by atoms with Gasteiger partial charge in [0.25, 0.3) is 0 Å². The van der Waals surface area contributed by atoms with E-state index >= 15 is 0 Å². The summed E-state index contributed by atoms with van der Waals surface area (Å²) in [6, 6.07) is 0. The van der Waals surface area contributed by atoms with Gasteiger partial charge in [-0.05, 0) is 40.4 Å². The van der Waals surface area contributed by atoms with Gasteiger partial charge < -0.3 is 20.7 Å². The fourth-order valence-electron chi connectivity index (χ4n) is 1.70. The van der Waals surface area contributed by atoms with E-state index in [0.717, 1.165) is 13.0 Å². The van der Waals surface area contributed by atoms with Crippen molar-refractivity contribution in [3.05, 3.63) is 0 Å². The maximum atomic E-state index is 12.3. The van der Waals surface area contributed by atoms with Gasteiger partial charge in [-0.2, -0.15) is 0 Å². The lowest BCUT2D eigenvalue weighted by atomic mass is 9.84. The van der Waals surface area contributed by atoms with Crippen LogP contribution in [-0.4, -0.2) is 61.0 Å². The highest BCUT2D eigenvalue weighted by molar-refractivity contribution is 6.06.